The molecule has 0 aromatic carbocycles. The second kappa shape index (κ2) is 6.52. The normalized spacial score (nSPS) is 57.8. The molecule has 3 saturated carbocycles. The number of hydrogen-bond acceptors (Lipinski definition) is 1. The Bertz CT molecular complexity index is 820. The van der Waals surface area contributed by atoms with E-state index in [-0.39, 0.29) is 16.9 Å². The summed E-state index contributed by atoms with van der Waals surface area (Å²) < 4.78 is 0. The Kier molecular flexibility index (Phi) is 4.68. The van der Waals surface area contributed by atoms with Gasteiger partial charge < -0.3 is 5.11 Å². The first-order valence-corrected chi connectivity index (χ1v) is 13.4. The Labute approximate surface area is 192 Å². The fourth-order valence-electron chi connectivity index (χ4n) is 10.3. The second-order valence-corrected chi connectivity index (χ2v) is 14.2. The van der Waals surface area contributed by atoms with Crippen molar-refractivity contribution in [3.05, 3.63) is 23.8 Å². The van der Waals surface area contributed by atoms with E-state index in [1.54, 1.807) is 5.57 Å². The highest BCUT2D eigenvalue weighted by Crippen LogP contribution is 2.74. The summed E-state index contributed by atoms with van der Waals surface area (Å²) in [5.41, 5.74) is 3.01. The quantitative estimate of drug-likeness (QED) is 0.393. The number of fused-ring (bicyclic) bond motifs is 7. The highest BCUT2D eigenvalue weighted by Gasteiger charge is 2.67. The molecule has 1 N–H and O–H groups in total. The first kappa shape index (κ1) is 22.2. The number of aliphatic hydroxyl groups is 1. The fourth-order valence-corrected chi connectivity index (χ4v) is 10.3. The molecule has 0 bridgehead atoms. The summed E-state index contributed by atoms with van der Waals surface area (Å²) in [7, 11) is 0. The van der Waals surface area contributed by atoms with Crippen LogP contribution in [0, 0.1) is 56.7 Å². The minimum atomic E-state index is -0.139. The van der Waals surface area contributed by atoms with E-state index >= 15 is 0 Å². The van der Waals surface area contributed by atoms with Crippen molar-refractivity contribution in [3.63, 3.8) is 0 Å². The molecule has 0 heterocycles. The lowest BCUT2D eigenvalue weighted by Crippen LogP contribution is -2.63. The molecule has 5 aliphatic carbocycles. The Hall–Kier alpha value is -0.560. The van der Waals surface area contributed by atoms with Gasteiger partial charge in [-0.05, 0) is 96.2 Å². The maximum atomic E-state index is 10.9. The first-order chi connectivity index (χ1) is 14.3. The fraction of sp³-hybridized carbons (Fsp3) is 0.867. The van der Waals surface area contributed by atoms with Gasteiger partial charge in [-0.1, -0.05) is 79.2 Å². The van der Waals surface area contributed by atoms with Crippen molar-refractivity contribution in [2.45, 2.75) is 106 Å². The van der Waals surface area contributed by atoms with Crippen LogP contribution in [0.3, 0.4) is 0 Å². The summed E-state index contributed by atoms with van der Waals surface area (Å²) in [6.45, 7) is 20.2. The Morgan fingerprint density at radius 1 is 0.839 bits per heavy atom. The summed E-state index contributed by atoms with van der Waals surface area (Å²) in [6, 6.07) is 0. The number of aliphatic hydroxyl groups excluding tert-OH is 1. The lowest BCUT2D eigenvalue weighted by Gasteiger charge is -2.70. The van der Waals surface area contributed by atoms with Gasteiger partial charge in [0.05, 0.1) is 6.10 Å². The molecule has 3 fully saturated rings. The molecule has 1 nitrogen and oxygen atoms in total. The third kappa shape index (κ3) is 2.59. The molecule has 0 spiro atoms. The summed E-state index contributed by atoms with van der Waals surface area (Å²) in [6.07, 6.45) is 16.7. The predicted octanol–water partition coefficient (Wildman–Crippen LogP) is 7.80. The molecular weight excluding hydrogens is 376 g/mol. The number of hydrogen-bond donors (Lipinski definition) is 1. The van der Waals surface area contributed by atoms with E-state index in [9.17, 15) is 5.11 Å². The molecule has 1 heteroatoms. The zero-order valence-corrected chi connectivity index (χ0v) is 21.6. The van der Waals surface area contributed by atoms with E-state index in [1.165, 1.54) is 38.5 Å². The van der Waals surface area contributed by atoms with Gasteiger partial charge in [-0.2, -0.15) is 0 Å². The Balaban J connectivity index is 1.61. The van der Waals surface area contributed by atoms with Crippen LogP contribution in [0.25, 0.3) is 0 Å². The van der Waals surface area contributed by atoms with Crippen LogP contribution >= 0.6 is 0 Å². The minimum absolute atomic E-state index is 0.0352. The van der Waals surface area contributed by atoms with E-state index in [0.29, 0.717) is 34.0 Å². The molecule has 5 aliphatic rings. The van der Waals surface area contributed by atoms with Crippen LogP contribution < -0.4 is 0 Å². The van der Waals surface area contributed by atoms with Crippen molar-refractivity contribution in [3.8, 4) is 0 Å². The van der Waals surface area contributed by atoms with Crippen molar-refractivity contribution in [2.24, 2.45) is 56.7 Å². The van der Waals surface area contributed by atoms with Gasteiger partial charge >= 0.3 is 0 Å². The lowest BCUT2D eigenvalue weighted by atomic mass is 9.34. The van der Waals surface area contributed by atoms with E-state index in [4.69, 9.17) is 0 Å². The smallest absolute Gasteiger partial charge is 0.0594 e. The summed E-state index contributed by atoms with van der Waals surface area (Å²) >= 11 is 0. The van der Waals surface area contributed by atoms with Crippen LogP contribution in [0.15, 0.2) is 23.8 Å². The average molecular weight is 425 g/mol. The third-order valence-electron chi connectivity index (χ3n) is 12.8. The van der Waals surface area contributed by atoms with E-state index in [2.05, 4.69) is 73.6 Å². The lowest BCUT2D eigenvalue weighted by molar-refractivity contribution is -0.190. The van der Waals surface area contributed by atoms with Gasteiger partial charge in [0.1, 0.15) is 0 Å². The van der Waals surface area contributed by atoms with Gasteiger partial charge in [-0.3, -0.25) is 0 Å². The monoisotopic (exact) mass is 424 g/mol. The summed E-state index contributed by atoms with van der Waals surface area (Å²) in [5.74, 6) is 3.65. The largest absolute Gasteiger partial charge is 0.393 e. The molecule has 0 amide bonds. The SMILES string of the molecule is CC1CCC2(C)C=CC3(C)C(=CCC4C5(C)CCC(O)C(C)(C)C5CCC43C)C2C1C. The number of allylic oxidation sites excluding steroid dienone is 4. The van der Waals surface area contributed by atoms with Gasteiger partial charge in [0.25, 0.3) is 0 Å². The third-order valence-corrected chi connectivity index (χ3v) is 12.8. The van der Waals surface area contributed by atoms with Crippen LogP contribution in [-0.4, -0.2) is 11.2 Å². The Morgan fingerprint density at radius 2 is 1.55 bits per heavy atom. The highest BCUT2D eigenvalue weighted by atomic mass is 16.3. The van der Waals surface area contributed by atoms with Crippen LogP contribution in [0.1, 0.15) is 100 Å². The van der Waals surface area contributed by atoms with Crippen molar-refractivity contribution in [1.29, 1.82) is 0 Å². The summed E-state index contributed by atoms with van der Waals surface area (Å²) in [5, 5.41) is 10.9. The second-order valence-electron chi connectivity index (χ2n) is 14.2. The van der Waals surface area contributed by atoms with Gasteiger partial charge in [0, 0.05) is 5.41 Å². The van der Waals surface area contributed by atoms with Crippen LogP contribution in [-0.2, 0) is 0 Å². The van der Waals surface area contributed by atoms with Gasteiger partial charge in [-0.25, -0.2) is 0 Å². The van der Waals surface area contributed by atoms with Crippen molar-refractivity contribution < 1.29 is 5.11 Å². The molecule has 174 valence electrons. The molecule has 0 aromatic rings. The molecule has 0 saturated heterocycles. The van der Waals surface area contributed by atoms with E-state index in [1.807, 2.05) is 0 Å². The predicted molar refractivity (Wildman–Crippen MR) is 131 cm³/mol. The molecule has 31 heavy (non-hydrogen) atoms. The maximum absolute atomic E-state index is 10.9. The highest BCUT2D eigenvalue weighted by molar-refractivity contribution is 5.40. The van der Waals surface area contributed by atoms with E-state index < -0.39 is 0 Å². The molecule has 10 atom stereocenters. The zero-order valence-electron chi connectivity index (χ0n) is 21.6. The van der Waals surface area contributed by atoms with Crippen molar-refractivity contribution >= 4 is 0 Å². The molecule has 0 radical (unpaired) electrons. The summed E-state index contributed by atoms with van der Waals surface area (Å²) in [4.78, 5) is 0. The van der Waals surface area contributed by atoms with Gasteiger partial charge in [0.2, 0.25) is 0 Å². The topological polar surface area (TPSA) is 20.2 Å². The maximum Gasteiger partial charge on any atom is 0.0594 e. The zero-order chi connectivity index (χ0) is 22.6. The van der Waals surface area contributed by atoms with Crippen LogP contribution in [0.2, 0.25) is 0 Å². The van der Waals surface area contributed by atoms with Gasteiger partial charge in [0.15, 0.2) is 0 Å². The number of rotatable bonds is 0. The molecule has 10 unspecified atom stereocenters. The average Bonchev–Trinajstić information content (AvgIpc) is 2.69. The Morgan fingerprint density at radius 3 is 2.26 bits per heavy atom. The van der Waals surface area contributed by atoms with Crippen LogP contribution in [0.4, 0.5) is 0 Å². The van der Waals surface area contributed by atoms with E-state index in [0.717, 1.165) is 18.3 Å². The first-order valence-electron chi connectivity index (χ1n) is 13.4. The van der Waals surface area contributed by atoms with Crippen LogP contribution in [0.5, 0.6) is 0 Å². The van der Waals surface area contributed by atoms with Crippen molar-refractivity contribution in [1.82, 2.24) is 0 Å². The molecule has 0 aliphatic heterocycles. The van der Waals surface area contributed by atoms with Crippen molar-refractivity contribution in [2.75, 3.05) is 0 Å². The minimum Gasteiger partial charge on any atom is -0.393 e. The standard InChI is InChI=1S/C30H48O/c1-19-11-14-27(5)17-18-29(7)21(25(27)20(19)2)9-10-23-28(6)15-13-24(31)26(3,4)22(28)12-16-30(23,29)8/h9,17-20,22-25,31H,10-16H2,1-8H3. The molecule has 0 aromatic heterocycles. The van der Waals surface area contributed by atoms with Gasteiger partial charge in [-0.15, -0.1) is 0 Å². The molecular formula is C30H48O. The molecule has 5 rings (SSSR count).